The van der Waals surface area contributed by atoms with Crippen molar-refractivity contribution in [2.45, 2.75) is 76.4 Å². The molecule has 0 atom stereocenters. The van der Waals surface area contributed by atoms with Gasteiger partial charge >= 0.3 is 0 Å². The Morgan fingerprint density at radius 3 is 2.37 bits per heavy atom. The Morgan fingerprint density at radius 1 is 1.00 bits per heavy atom. The van der Waals surface area contributed by atoms with E-state index in [4.69, 9.17) is 9.84 Å². The molecule has 6 rings (SSSR count). The fourth-order valence-corrected chi connectivity index (χ4v) is 6.42. The number of benzene rings is 1. The smallest absolute Gasteiger partial charge is 0.142 e. The molecule has 3 fully saturated rings. The van der Waals surface area contributed by atoms with Crippen molar-refractivity contribution in [2.24, 2.45) is 0 Å². The first-order valence-electron chi connectivity index (χ1n) is 13.4. The molecule has 35 heavy (non-hydrogen) atoms. The summed E-state index contributed by atoms with van der Waals surface area (Å²) in [6.45, 7) is 10.7. The Hall–Kier alpha value is -2.18. The lowest BCUT2D eigenvalue weighted by Gasteiger charge is -2.25. The molecule has 0 N–H and O–H groups in total. The molecule has 2 saturated carbocycles. The fraction of sp³-hybridized carbons (Fsp3) is 0.552. The topological polar surface area (TPSA) is 33.0 Å². The van der Waals surface area contributed by atoms with Gasteiger partial charge in [0.2, 0.25) is 0 Å². The van der Waals surface area contributed by atoms with Crippen molar-refractivity contribution in [3.63, 3.8) is 0 Å². The summed E-state index contributed by atoms with van der Waals surface area (Å²) in [5.41, 5.74) is 8.72. The van der Waals surface area contributed by atoms with Crippen LogP contribution in [0, 0.1) is 20.8 Å². The van der Waals surface area contributed by atoms with E-state index in [9.17, 15) is 0 Å². The molecule has 2 aliphatic carbocycles. The van der Waals surface area contributed by atoms with Gasteiger partial charge in [-0.3, -0.25) is 4.90 Å². The molecule has 1 saturated heterocycles. The fourth-order valence-electron chi connectivity index (χ4n) is 5.86. The average Bonchev–Trinajstić information content (AvgIpc) is 3.75. The van der Waals surface area contributed by atoms with E-state index in [2.05, 4.69) is 65.6 Å². The SMILES string of the molecule is CSc1nn2c(-c3c(C)cc(C)cc3OCCN3CCCC3)ccc(C)c2c1N(C1CC1)C1CC1. The number of nitrogens with zero attached hydrogens (tertiary/aromatic N) is 4. The summed E-state index contributed by atoms with van der Waals surface area (Å²) in [6, 6.07) is 10.4. The first-order valence-corrected chi connectivity index (χ1v) is 14.6. The van der Waals surface area contributed by atoms with Crippen LogP contribution in [0.4, 0.5) is 5.69 Å². The summed E-state index contributed by atoms with van der Waals surface area (Å²) >= 11 is 1.78. The van der Waals surface area contributed by atoms with Gasteiger partial charge in [0.25, 0.3) is 0 Å². The summed E-state index contributed by atoms with van der Waals surface area (Å²) in [4.78, 5) is 5.24. The number of aryl methyl sites for hydroxylation is 3. The highest BCUT2D eigenvalue weighted by Gasteiger charge is 2.42. The van der Waals surface area contributed by atoms with E-state index >= 15 is 0 Å². The van der Waals surface area contributed by atoms with Crippen molar-refractivity contribution in [3.8, 4) is 17.0 Å². The second kappa shape index (κ2) is 9.36. The first kappa shape index (κ1) is 23.2. The number of fused-ring (bicyclic) bond motifs is 1. The van der Waals surface area contributed by atoms with E-state index in [1.54, 1.807) is 11.8 Å². The molecule has 2 aromatic heterocycles. The van der Waals surface area contributed by atoms with Gasteiger partial charge in [-0.15, -0.1) is 11.8 Å². The molecular weight excluding hydrogens is 452 g/mol. The van der Waals surface area contributed by atoms with Gasteiger partial charge in [0.1, 0.15) is 17.4 Å². The number of ether oxygens (including phenoxy) is 1. The minimum atomic E-state index is 0.690. The van der Waals surface area contributed by atoms with Crippen LogP contribution in [0.3, 0.4) is 0 Å². The molecule has 1 aliphatic heterocycles. The summed E-state index contributed by atoms with van der Waals surface area (Å²) in [5.74, 6) is 0.982. The summed E-state index contributed by atoms with van der Waals surface area (Å²) < 4.78 is 8.72. The molecule has 3 aromatic rings. The van der Waals surface area contributed by atoms with Gasteiger partial charge in [-0.2, -0.15) is 5.10 Å². The quantitative estimate of drug-likeness (QED) is 0.331. The number of hydrogen-bond acceptors (Lipinski definition) is 5. The van der Waals surface area contributed by atoms with Crippen LogP contribution >= 0.6 is 11.8 Å². The number of aromatic nitrogens is 2. The highest BCUT2D eigenvalue weighted by atomic mass is 32.2. The molecule has 5 nitrogen and oxygen atoms in total. The summed E-state index contributed by atoms with van der Waals surface area (Å²) in [6.07, 6.45) is 10.0. The molecule has 0 spiro atoms. The lowest BCUT2D eigenvalue weighted by molar-refractivity contribution is 0.238. The summed E-state index contributed by atoms with van der Waals surface area (Å²) in [7, 11) is 0. The Labute approximate surface area is 213 Å². The van der Waals surface area contributed by atoms with E-state index in [1.807, 2.05) is 0 Å². The second-order valence-corrected chi connectivity index (χ2v) is 11.5. The maximum atomic E-state index is 6.50. The second-order valence-electron chi connectivity index (χ2n) is 10.7. The number of anilines is 1. The van der Waals surface area contributed by atoms with Gasteiger partial charge in [-0.1, -0.05) is 12.1 Å². The van der Waals surface area contributed by atoms with Crippen LogP contribution in [-0.2, 0) is 0 Å². The Morgan fingerprint density at radius 2 is 1.71 bits per heavy atom. The molecule has 186 valence electrons. The Kier molecular flexibility index (Phi) is 6.21. The average molecular weight is 491 g/mol. The van der Waals surface area contributed by atoms with Gasteiger partial charge in [0.15, 0.2) is 0 Å². The molecule has 0 unspecified atom stereocenters. The lowest BCUT2D eigenvalue weighted by atomic mass is 10.00. The Balaban J connectivity index is 1.45. The van der Waals surface area contributed by atoms with Gasteiger partial charge in [-0.25, -0.2) is 4.52 Å². The van der Waals surface area contributed by atoms with Gasteiger partial charge < -0.3 is 9.64 Å². The zero-order valence-corrected chi connectivity index (χ0v) is 22.5. The number of thioether (sulfide) groups is 1. The van der Waals surface area contributed by atoms with E-state index in [1.165, 1.54) is 85.1 Å². The van der Waals surface area contributed by atoms with Crippen molar-refractivity contribution in [2.75, 3.05) is 37.4 Å². The molecule has 0 amide bonds. The minimum absolute atomic E-state index is 0.690. The molecular formula is C29H38N4OS. The third-order valence-electron chi connectivity index (χ3n) is 7.82. The van der Waals surface area contributed by atoms with Crippen molar-refractivity contribution in [3.05, 3.63) is 41.0 Å². The van der Waals surface area contributed by atoms with Crippen LogP contribution in [0.5, 0.6) is 5.75 Å². The lowest BCUT2D eigenvalue weighted by Crippen LogP contribution is -2.28. The van der Waals surface area contributed by atoms with Gasteiger partial charge in [-0.05, 0) is 107 Å². The molecule has 3 heterocycles. The van der Waals surface area contributed by atoms with E-state index < -0.39 is 0 Å². The Bertz CT molecular complexity index is 1230. The van der Waals surface area contributed by atoms with Crippen LogP contribution in [-0.4, -0.2) is 59.1 Å². The zero-order valence-electron chi connectivity index (χ0n) is 21.6. The number of likely N-dealkylation sites (tertiary alicyclic amines) is 1. The third kappa shape index (κ3) is 4.44. The highest BCUT2D eigenvalue weighted by Crippen LogP contribution is 2.47. The van der Waals surface area contributed by atoms with Crippen molar-refractivity contribution in [1.29, 1.82) is 0 Å². The van der Waals surface area contributed by atoms with Crippen LogP contribution in [0.25, 0.3) is 16.8 Å². The predicted molar refractivity (Wildman–Crippen MR) is 146 cm³/mol. The van der Waals surface area contributed by atoms with Crippen molar-refractivity contribution in [1.82, 2.24) is 14.5 Å². The predicted octanol–water partition coefficient (Wildman–Crippen LogP) is 6.25. The monoisotopic (exact) mass is 490 g/mol. The number of hydrogen-bond donors (Lipinski definition) is 0. The van der Waals surface area contributed by atoms with Crippen molar-refractivity contribution < 1.29 is 4.74 Å². The highest BCUT2D eigenvalue weighted by molar-refractivity contribution is 7.98. The van der Waals surface area contributed by atoms with Crippen LogP contribution < -0.4 is 9.64 Å². The van der Waals surface area contributed by atoms with Crippen LogP contribution in [0.1, 0.15) is 55.2 Å². The molecule has 3 aliphatic rings. The summed E-state index contributed by atoms with van der Waals surface area (Å²) in [5, 5.41) is 6.39. The maximum absolute atomic E-state index is 6.50. The standard InChI is InChI=1S/C29H38N4OS/c1-19-17-21(3)26(25(18-19)34-16-15-31-13-5-6-14-31)24-12-7-20(2)27-28(29(35-4)30-33(24)27)32(22-8-9-22)23-10-11-23/h7,12,17-18,22-23H,5-6,8-11,13-16H2,1-4H3. The largest absolute Gasteiger partial charge is 0.492 e. The van der Waals surface area contributed by atoms with Gasteiger partial charge in [0.05, 0.1) is 16.9 Å². The van der Waals surface area contributed by atoms with E-state index in [-0.39, 0.29) is 0 Å². The van der Waals surface area contributed by atoms with Crippen molar-refractivity contribution >= 4 is 23.0 Å². The molecule has 0 radical (unpaired) electrons. The molecule has 0 bridgehead atoms. The number of pyridine rings is 1. The third-order valence-corrected chi connectivity index (χ3v) is 8.48. The molecule has 6 heteroatoms. The van der Waals surface area contributed by atoms with Crippen LogP contribution in [0.15, 0.2) is 29.3 Å². The molecule has 1 aromatic carbocycles. The van der Waals surface area contributed by atoms with E-state index in [0.29, 0.717) is 12.1 Å². The number of rotatable bonds is 9. The van der Waals surface area contributed by atoms with Crippen LogP contribution in [0.2, 0.25) is 0 Å². The minimum Gasteiger partial charge on any atom is -0.492 e. The zero-order chi connectivity index (χ0) is 24.1. The maximum Gasteiger partial charge on any atom is 0.142 e. The normalized spacial score (nSPS) is 18.5. The van der Waals surface area contributed by atoms with Gasteiger partial charge in [0, 0.05) is 24.2 Å². The first-order chi connectivity index (χ1) is 17.0. The van der Waals surface area contributed by atoms with E-state index in [0.717, 1.165) is 29.6 Å².